The van der Waals surface area contributed by atoms with Crippen molar-refractivity contribution in [1.82, 2.24) is 0 Å². The van der Waals surface area contributed by atoms with Gasteiger partial charge in [-0.2, -0.15) is 43.9 Å². The highest BCUT2D eigenvalue weighted by atomic mass is 19.4. The van der Waals surface area contributed by atoms with E-state index in [1.165, 1.54) is 20.8 Å². The number of rotatable bonds is 11. The fraction of sp³-hybridized carbons (Fsp3) is 0.933. The van der Waals surface area contributed by atoms with E-state index in [9.17, 15) is 57.5 Å². The Morgan fingerprint density at radius 3 is 1.62 bits per heavy atom. The van der Waals surface area contributed by atoms with Gasteiger partial charge >= 0.3 is 35.6 Å². The van der Waals surface area contributed by atoms with Gasteiger partial charge in [-0.25, -0.2) is 8.78 Å². The molecule has 0 bridgehead atoms. The zero-order chi connectivity index (χ0) is 23.7. The number of carbonyl (C=O) groups is 1. The third-order valence-electron chi connectivity index (χ3n) is 4.13. The molecule has 0 aromatic heterocycles. The summed E-state index contributed by atoms with van der Waals surface area (Å²) in [6, 6.07) is 0. The third-order valence-corrected chi connectivity index (χ3v) is 4.13. The number of ether oxygens (including phenoxy) is 1. The van der Waals surface area contributed by atoms with Crippen LogP contribution in [0.1, 0.15) is 40.0 Å². The van der Waals surface area contributed by atoms with Crippen LogP contribution in [0.15, 0.2) is 0 Å². The third kappa shape index (κ3) is 6.06. The van der Waals surface area contributed by atoms with E-state index in [0.717, 1.165) is 0 Å². The van der Waals surface area contributed by atoms with E-state index in [1.54, 1.807) is 0 Å². The lowest BCUT2D eigenvalue weighted by Gasteiger charge is -2.36. The Hall–Kier alpha value is -1.37. The Kier molecular flexibility index (Phi) is 8.00. The molecule has 0 aliphatic rings. The predicted octanol–water partition coefficient (Wildman–Crippen LogP) is 6.19. The van der Waals surface area contributed by atoms with Crippen molar-refractivity contribution < 1.29 is 62.2 Å². The summed E-state index contributed by atoms with van der Waals surface area (Å²) in [7, 11) is 0. The van der Waals surface area contributed by atoms with Crippen LogP contribution >= 0.6 is 0 Å². The van der Waals surface area contributed by atoms with Gasteiger partial charge in [0.15, 0.2) is 6.61 Å². The number of alkyl halides is 12. The molecule has 0 spiro atoms. The van der Waals surface area contributed by atoms with E-state index < -0.39 is 66.9 Å². The first-order valence-electron chi connectivity index (χ1n) is 7.91. The summed E-state index contributed by atoms with van der Waals surface area (Å²) < 4.78 is 161. The van der Waals surface area contributed by atoms with Crippen LogP contribution in [0.3, 0.4) is 0 Å². The lowest BCUT2D eigenvalue weighted by Crippen LogP contribution is -2.59. The first-order valence-corrected chi connectivity index (χ1v) is 7.91. The van der Waals surface area contributed by atoms with E-state index in [1.807, 2.05) is 0 Å². The van der Waals surface area contributed by atoms with Gasteiger partial charge < -0.3 is 4.74 Å². The molecular formula is C15H18F12O2. The van der Waals surface area contributed by atoms with Gasteiger partial charge in [0, 0.05) is 0 Å². The summed E-state index contributed by atoms with van der Waals surface area (Å²) in [5, 5.41) is 0. The van der Waals surface area contributed by atoms with E-state index in [2.05, 4.69) is 4.74 Å². The molecule has 174 valence electrons. The Morgan fingerprint density at radius 2 is 1.24 bits per heavy atom. The highest BCUT2D eigenvalue weighted by Gasteiger charge is 2.75. The molecule has 0 radical (unpaired) electrons. The first kappa shape index (κ1) is 27.6. The first-order chi connectivity index (χ1) is 12.6. The summed E-state index contributed by atoms with van der Waals surface area (Å²) in [5.74, 6) is -32.6. The second kappa shape index (κ2) is 8.40. The van der Waals surface area contributed by atoms with Gasteiger partial charge in [0.1, 0.15) is 0 Å². The minimum Gasteiger partial charge on any atom is -0.459 e. The van der Waals surface area contributed by atoms with E-state index in [-0.39, 0.29) is 6.42 Å². The summed E-state index contributed by atoms with van der Waals surface area (Å²) in [4.78, 5) is 11.5. The van der Waals surface area contributed by atoms with Crippen molar-refractivity contribution in [2.24, 2.45) is 5.41 Å². The van der Waals surface area contributed by atoms with Crippen molar-refractivity contribution in [3.05, 3.63) is 0 Å². The smallest absolute Gasteiger partial charge is 0.372 e. The van der Waals surface area contributed by atoms with Crippen LogP contribution in [0.4, 0.5) is 52.7 Å². The summed E-state index contributed by atoms with van der Waals surface area (Å²) in [6.45, 7) is 1.24. The topological polar surface area (TPSA) is 26.3 Å². The van der Waals surface area contributed by atoms with Gasteiger partial charge in [-0.1, -0.05) is 6.92 Å². The molecule has 14 heteroatoms. The van der Waals surface area contributed by atoms with E-state index >= 15 is 0 Å². The largest absolute Gasteiger partial charge is 0.459 e. The van der Waals surface area contributed by atoms with E-state index in [4.69, 9.17) is 0 Å². The van der Waals surface area contributed by atoms with Crippen LogP contribution < -0.4 is 0 Å². The standard InChI is InChI=1S/C15H18F12O2/c1-4-10(2,3)9(28)29-7-14(24,25)12(20,21)6-13(22,23)15(26,27)11(18,19)5-8(16)17/h8H,4-7H2,1-3H3. The molecule has 0 rings (SSSR count). The van der Waals surface area contributed by atoms with Gasteiger partial charge in [-0.05, 0) is 20.3 Å². The number of hydrogen-bond donors (Lipinski definition) is 0. The van der Waals surface area contributed by atoms with Crippen LogP contribution in [0.5, 0.6) is 0 Å². The average Bonchev–Trinajstić information content (AvgIpc) is 2.49. The average molecular weight is 458 g/mol. The normalized spacial score (nSPS) is 15.0. The molecule has 0 aromatic rings. The molecule has 0 aromatic carbocycles. The monoisotopic (exact) mass is 458 g/mol. The molecule has 2 nitrogen and oxygen atoms in total. The maximum absolute atomic E-state index is 13.6. The van der Waals surface area contributed by atoms with Gasteiger partial charge in [0.05, 0.1) is 18.3 Å². The number of esters is 1. The predicted molar refractivity (Wildman–Crippen MR) is 75.0 cm³/mol. The fourth-order valence-electron chi connectivity index (χ4n) is 1.71. The zero-order valence-electron chi connectivity index (χ0n) is 15.3. The minimum absolute atomic E-state index is 0.00267. The number of hydrogen-bond acceptors (Lipinski definition) is 2. The van der Waals surface area contributed by atoms with Crippen LogP contribution in [0.25, 0.3) is 0 Å². The highest BCUT2D eigenvalue weighted by Crippen LogP contribution is 2.53. The molecule has 0 atom stereocenters. The lowest BCUT2D eigenvalue weighted by molar-refractivity contribution is -0.341. The lowest BCUT2D eigenvalue weighted by atomic mass is 9.90. The van der Waals surface area contributed by atoms with Gasteiger partial charge in [-0.15, -0.1) is 0 Å². The number of carbonyl (C=O) groups excluding carboxylic acids is 1. The van der Waals surface area contributed by atoms with Crippen LogP contribution in [-0.4, -0.2) is 48.6 Å². The zero-order valence-corrected chi connectivity index (χ0v) is 15.3. The second-order valence-electron chi connectivity index (χ2n) is 6.98. The van der Waals surface area contributed by atoms with Crippen molar-refractivity contribution >= 4 is 5.97 Å². The number of halogens is 12. The maximum atomic E-state index is 13.6. The molecular weight excluding hydrogens is 440 g/mol. The van der Waals surface area contributed by atoms with Crippen molar-refractivity contribution in [2.75, 3.05) is 6.61 Å². The highest BCUT2D eigenvalue weighted by molar-refractivity contribution is 5.75. The Labute approximate surface area is 157 Å². The van der Waals surface area contributed by atoms with Crippen molar-refractivity contribution in [3.8, 4) is 0 Å². The molecule has 0 fully saturated rings. The molecule has 29 heavy (non-hydrogen) atoms. The van der Waals surface area contributed by atoms with Crippen molar-refractivity contribution in [2.45, 2.75) is 76.1 Å². The quantitative estimate of drug-likeness (QED) is 0.273. The molecule has 0 aliphatic carbocycles. The van der Waals surface area contributed by atoms with Gasteiger partial charge in [-0.3, -0.25) is 4.79 Å². The molecule has 0 N–H and O–H groups in total. The van der Waals surface area contributed by atoms with Crippen molar-refractivity contribution in [3.63, 3.8) is 0 Å². The van der Waals surface area contributed by atoms with Crippen LogP contribution in [0, 0.1) is 5.41 Å². The molecule has 0 saturated carbocycles. The van der Waals surface area contributed by atoms with E-state index in [0.29, 0.717) is 0 Å². The molecule has 0 aliphatic heterocycles. The summed E-state index contributed by atoms with van der Waals surface area (Å²) >= 11 is 0. The molecule has 0 saturated heterocycles. The Morgan fingerprint density at radius 1 is 0.793 bits per heavy atom. The SMILES string of the molecule is CCC(C)(C)C(=O)OCC(F)(F)C(F)(F)CC(F)(F)C(F)(F)C(F)(F)CC(F)F. The molecule has 0 unspecified atom stereocenters. The Bertz CT molecular complexity index is 572. The van der Waals surface area contributed by atoms with Crippen LogP contribution in [-0.2, 0) is 9.53 Å². The van der Waals surface area contributed by atoms with Crippen LogP contribution in [0.2, 0.25) is 0 Å². The summed E-state index contributed by atoms with van der Waals surface area (Å²) in [5.41, 5.74) is -1.43. The van der Waals surface area contributed by atoms with Gasteiger partial charge in [0.2, 0.25) is 6.43 Å². The fourth-order valence-corrected chi connectivity index (χ4v) is 1.71. The Balaban J connectivity index is 5.55. The molecule has 0 heterocycles. The maximum Gasteiger partial charge on any atom is 0.372 e. The second-order valence-corrected chi connectivity index (χ2v) is 6.98. The minimum atomic E-state index is -6.79. The van der Waals surface area contributed by atoms with Gasteiger partial charge in [0.25, 0.3) is 0 Å². The van der Waals surface area contributed by atoms with Crippen molar-refractivity contribution in [1.29, 1.82) is 0 Å². The summed E-state index contributed by atoms with van der Waals surface area (Å²) in [6.07, 6.45) is -11.1. The molecule has 0 amide bonds.